The highest BCUT2D eigenvalue weighted by atomic mass is 35.5. The van der Waals surface area contributed by atoms with Gasteiger partial charge in [-0.15, -0.1) is 0 Å². The Morgan fingerprint density at radius 1 is 1.05 bits per heavy atom. The predicted octanol–water partition coefficient (Wildman–Crippen LogP) is 5.13. The summed E-state index contributed by atoms with van der Waals surface area (Å²) < 4.78 is 36.1. The molecule has 0 bridgehead atoms. The molecule has 2 aliphatic rings. The maximum atomic E-state index is 13.5. The van der Waals surface area contributed by atoms with Crippen molar-refractivity contribution in [2.45, 2.75) is 30.6 Å². The van der Waals surface area contributed by atoms with Crippen LogP contribution in [0, 0.1) is 5.92 Å². The highest BCUT2D eigenvalue weighted by Gasteiger charge is 2.30. The number of nitrogens with zero attached hydrogens (tertiary/aromatic N) is 4. The van der Waals surface area contributed by atoms with Gasteiger partial charge in [-0.3, -0.25) is 0 Å². The Labute approximate surface area is 246 Å². The normalized spacial score (nSPS) is 18.1. The molecule has 1 fully saturated rings. The van der Waals surface area contributed by atoms with Crippen LogP contribution in [0.3, 0.4) is 0 Å². The van der Waals surface area contributed by atoms with Crippen molar-refractivity contribution < 1.29 is 13.2 Å². The van der Waals surface area contributed by atoms with Gasteiger partial charge in [0.25, 0.3) is 0 Å². The van der Waals surface area contributed by atoms with Crippen LogP contribution >= 0.6 is 11.6 Å². The van der Waals surface area contributed by atoms with Crippen LogP contribution < -0.4 is 15.5 Å². The molecule has 0 spiro atoms. The van der Waals surface area contributed by atoms with Crippen molar-refractivity contribution in [1.29, 1.82) is 0 Å². The molecule has 0 saturated carbocycles. The minimum absolute atomic E-state index is 0.108. The van der Waals surface area contributed by atoms with Crippen molar-refractivity contribution in [3.05, 3.63) is 89.7 Å². The fourth-order valence-corrected chi connectivity index (χ4v) is 7.07. The highest BCUT2D eigenvalue weighted by molar-refractivity contribution is 7.89. The topological polar surface area (TPSA) is 88.8 Å². The molecular formula is C30H29BClN5O3S. The van der Waals surface area contributed by atoms with E-state index in [2.05, 4.69) is 16.5 Å². The first-order chi connectivity index (χ1) is 19.9. The summed E-state index contributed by atoms with van der Waals surface area (Å²) in [4.78, 5) is 4.97. The van der Waals surface area contributed by atoms with E-state index < -0.39 is 10.0 Å². The Morgan fingerprint density at radius 2 is 1.80 bits per heavy atom. The maximum absolute atomic E-state index is 13.5. The summed E-state index contributed by atoms with van der Waals surface area (Å²) in [5.74, 6) is 2.11. The Hall–Kier alpha value is -3.60. The zero-order chi connectivity index (χ0) is 28.4. The third-order valence-corrected chi connectivity index (χ3v) is 9.60. The van der Waals surface area contributed by atoms with Gasteiger partial charge in [-0.1, -0.05) is 42.0 Å². The average Bonchev–Trinajstić information content (AvgIpc) is 3.37. The molecule has 0 amide bonds. The van der Waals surface area contributed by atoms with Crippen LogP contribution in [0.5, 0.6) is 11.5 Å². The van der Waals surface area contributed by atoms with Gasteiger partial charge in [0.05, 0.1) is 10.6 Å². The lowest BCUT2D eigenvalue weighted by molar-refractivity contribution is 0.275. The average molecular weight is 586 g/mol. The third kappa shape index (κ3) is 5.91. The van der Waals surface area contributed by atoms with Gasteiger partial charge in [-0.25, -0.2) is 13.4 Å². The van der Waals surface area contributed by atoms with Gasteiger partial charge in [0, 0.05) is 42.5 Å². The van der Waals surface area contributed by atoms with Gasteiger partial charge in [0.1, 0.15) is 25.2 Å². The lowest BCUT2D eigenvalue weighted by Crippen LogP contribution is -2.41. The first-order valence-electron chi connectivity index (χ1n) is 13.7. The number of fused-ring (bicyclic) bond motifs is 1. The van der Waals surface area contributed by atoms with Crippen molar-refractivity contribution in [2.24, 2.45) is 5.92 Å². The standard InChI is InChI=1S/C30H29BClN5O3S/c31-26-19-34-37-29(17-28(35-30(26)37)25-10-4-5-11-27(25)32)33-18-21-7-6-16-36(20-21)41(38,39)24-14-12-23(13-15-24)40-22-8-2-1-3-9-22/h1-3,8-15,17,19,21,33H,4-7,16,18,20H2. The summed E-state index contributed by atoms with van der Waals surface area (Å²) >= 11 is 6.50. The summed E-state index contributed by atoms with van der Waals surface area (Å²) in [5.41, 5.74) is 2.62. The molecule has 208 valence electrons. The summed E-state index contributed by atoms with van der Waals surface area (Å²) in [5, 5.41) is 8.55. The first-order valence-corrected chi connectivity index (χ1v) is 15.5. The maximum Gasteiger partial charge on any atom is 0.243 e. The summed E-state index contributed by atoms with van der Waals surface area (Å²) in [7, 11) is 2.52. The molecule has 1 atom stereocenters. The van der Waals surface area contributed by atoms with Crippen LogP contribution in [-0.2, 0) is 10.0 Å². The quantitative estimate of drug-likeness (QED) is 0.289. The van der Waals surface area contributed by atoms with E-state index >= 15 is 0 Å². The van der Waals surface area contributed by atoms with E-state index in [0.717, 1.165) is 42.8 Å². The first kappa shape index (κ1) is 27.6. The Kier molecular flexibility index (Phi) is 7.88. The van der Waals surface area contributed by atoms with E-state index in [1.807, 2.05) is 42.5 Å². The number of para-hydroxylation sites is 1. The monoisotopic (exact) mass is 585 g/mol. The van der Waals surface area contributed by atoms with Gasteiger partial charge < -0.3 is 10.1 Å². The number of halogens is 1. The van der Waals surface area contributed by atoms with E-state index in [1.165, 1.54) is 0 Å². The fourth-order valence-electron chi connectivity index (χ4n) is 5.23. The molecule has 1 saturated heterocycles. The SMILES string of the molecule is [B]c1cnn2c(NCC3CCCN(S(=O)(=O)c4ccc(Oc5ccccc5)cc4)C3)cc(C3=CCCC=C3Cl)nc12. The molecule has 8 nitrogen and oxygen atoms in total. The number of piperidine rings is 1. The number of rotatable bonds is 8. The van der Waals surface area contributed by atoms with Crippen molar-refractivity contribution in [1.82, 2.24) is 18.9 Å². The van der Waals surface area contributed by atoms with Gasteiger partial charge in [-0.2, -0.15) is 13.9 Å². The Bertz CT molecular complexity index is 1720. The number of ether oxygens (including phenoxy) is 1. The lowest BCUT2D eigenvalue weighted by Gasteiger charge is -2.32. The summed E-state index contributed by atoms with van der Waals surface area (Å²) in [6, 6.07) is 17.9. The van der Waals surface area contributed by atoms with E-state index in [4.69, 9.17) is 29.2 Å². The van der Waals surface area contributed by atoms with E-state index in [-0.39, 0.29) is 10.8 Å². The third-order valence-electron chi connectivity index (χ3n) is 7.37. The van der Waals surface area contributed by atoms with Crippen molar-refractivity contribution in [3.63, 3.8) is 0 Å². The number of sulfonamides is 1. The molecule has 6 rings (SSSR count). The predicted molar refractivity (Wildman–Crippen MR) is 162 cm³/mol. The second-order valence-electron chi connectivity index (χ2n) is 10.2. The molecule has 1 aliphatic heterocycles. The zero-order valence-corrected chi connectivity index (χ0v) is 24.0. The van der Waals surface area contributed by atoms with Crippen molar-refractivity contribution in [3.8, 4) is 11.5 Å². The molecule has 3 heterocycles. The number of hydrogen-bond acceptors (Lipinski definition) is 6. The minimum atomic E-state index is -3.65. The van der Waals surface area contributed by atoms with Crippen molar-refractivity contribution in [2.75, 3.05) is 25.0 Å². The molecule has 2 aromatic carbocycles. The van der Waals surface area contributed by atoms with E-state index in [9.17, 15) is 8.42 Å². The lowest BCUT2D eigenvalue weighted by atomic mass is 9.99. The van der Waals surface area contributed by atoms with Gasteiger partial charge >= 0.3 is 0 Å². The molecule has 2 radical (unpaired) electrons. The summed E-state index contributed by atoms with van der Waals surface area (Å²) in [6.45, 7) is 1.47. The van der Waals surface area contributed by atoms with Crippen LogP contribution in [-0.4, -0.2) is 54.8 Å². The molecule has 4 aromatic rings. The van der Waals surface area contributed by atoms with Crippen LogP contribution in [0.1, 0.15) is 31.4 Å². The number of allylic oxidation sites excluding steroid dienone is 4. The summed E-state index contributed by atoms with van der Waals surface area (Å²) in [6.07, 6.45) is 9.14. The minimum Gasteiger partial charge on any atom is -0.457 e. The molecule has 1 unspecified atom stereocenters. The number of benzene rings is 2. The van der Waals surface area contributed by atoms with Crippen LogP contribution in [0.2, 0.25) is 0 Å². The molecule has 11 heteroatoms. The Morgan fingerprint density at radius 3 is 2.59 bits per heavy atom. The van der Waals surface area contributed by atoms with E-state index in [0.29, 0.717) is 47.3 Å². The molecule has 2 aromatic heterocycles. The largest absolute Gasteiger partial charge is 0.457 e. The van der Waals surface area contributed by atoms with Gasteiger partial charge in [0.15, 0.2) is 5.65 Å². The molecular weight excluding hydrogens is 557 g/mol. The second kappa shape index (κ2) is 11.7. The number of hydrogen-bond donors (Lipinski definition) is 1. The number of aromatic nitrogens is 3. The van der Waals surface area contributed by atoms with Crippen LogP contribution in [0.4, 0.5) is 5.82 Å². The number of anilines is 1. The van der Waals surface area contributed by atoms with Gasteiger partial charge in [-0.05, 0) is 73.5 Å². The van der Waals surface area contributed by atoms with E-state index in [1.54, 1.807) is 39.3 Å². The zero-order valence-electron chi connectivity index (χ0n) is 22.4. The smallest absolute Gasteiger partial charge is 0.243 e. The molecule has 41 heavy (non-hydrogen) atoms. The second-order valence-corrected chi connectivity index (χ2v) is 12.6. The van der Waals surface area contributed by atoms with Crippen LogP contribution in [0.25, 0.3) is 11.2 Å². The Balaban J connectivity index is 1.16. The molecule has 1 aliphatic carbocycles. The van der Waals surface area contributed by atoms with Gasteiger partial charge in [0.2, 0.25) is 10.0 Å². The van der Waals surface area contributed by atoms with Crippen molar-refractivity contribution >= 4 is 52.0 Å². The highest BCUT2D eigenvalue weighted by Crippen LogP contribution is 2.32. The number of nitrogens with one attached hydrogen (secondary N) is 1. The fraction of sp³-hybridized carbons (Fsp3) is 0.267. The molecule has 1 N–H and O–H groups in total. The van der Waals surface area contributed by atoms with Crippen LogP contribution in [0.15, 0.2) is 88.9 Å².